The minimum Gasteiger partial charge on any atom is -0.504 e. The average Bonchev–Trinajstić information content (AvgIpc) is 2.60. The summed E-state index contributed by atoms with van der Waals surface area (Å²) >= 11 is 0. The number of phenolic OH excluding ortho intramolecular Hbond substituents is 1. The molecular weight excluding hydrogens is 310 g/mol. The molecule has 7 nitrogen and oxygen atoms in total. The van der Waals surface area contributed by atoms with E-state index in [9.17, 15) is 9.90 Å². The summed E-state index contributed by atoms with van der Waals surface area (Å²) in [5.74, 6) is 0.839. The van der Waals surface area contributed by atoms with Gasteiger partial charge in [0.1, 0.15) is 5.75 Å². The van der Waals surface area contributed by atoms with E-state index in [1.54, 1.807) is 31.4 Å². The van der Waals surface area contributed by atoms with Crippen LogP contribution in [0.5, 0.6) is 17.2 Å². The van der Waals surface area contributed by atoms with Crippen LogP contribution >= 0.6 is 0 Å². The highest BCUT2D eigenvalue weighted by Gasteiger charge is 2.02. The predicted molar refractivity (Wildman–Crippen MR) is 91.9 cm³/mol. The second kappa shape index (κ2) is 8.42. The number of methoxy groups -OCH3 is 2. The molecule has 0 spiro atoms. The topological polar surface area (TPSA) is 92.2 Å². The van der Waals surface area contributed by atoms with Crippen molar-refractivity contribution in [2.24, 2.45) is 5.10 Å². The molecule has 0 saturated heterocycles. The van der Waals surface area contributed by atoms with E-state index in [1.165, 1.54) is 19.4 Å². The molecule has 126 valence electrons. The summed E-state index contributed by atoms with van der Waals surface area (Å²) in [7, 11) is 3.06. The first kappa shape index (κ1) is 17.1. The van der Waals surface area contributed by atoms with Crippen molar-refractivity contribution >= 4 is 17.8 Å². The Bertz CT molecular complexity index is 714. The van der Waals surface area contributed by atoms with Crippen LogP contribution in [0.1, 0.15) is 5.56 Å². The molecule has 0 aliphatic rings. The highest BCUT2D eigenvalue weighted by molar-refractivity contribution is 5.84. The Morgan fingerprint density at radius 2 is 1.92 bits per heavy atom. The van der Waals surface area contributed by atoms with Crippen molar-refractivity contribution in [2.75, 3.05) is 26.1 Å². The lowest BCUT2D eigenvalue weighted by atomic mass is 10.2. The SMILES string of the molecule is COc1ccc(NCC(=O)NN=Cc2ccc(OC)c(O)c2)cc1. The Kier molecular flexibility index (Phi) is 6.01. The fraction of sp³-hybridized carbons (Fsp3) is 0.176. The summed E-state index contributed by atoms with van der Waals surface area (Å²) in [6.45, 7) is 0.0809. The Morgan fingerprint density at radius 1 is 1.17 bits per heavy atom. The number of hydrogen-bond donors (Lipinski definition) is 3. The number of aromatic hydroxyl groups is 1. The molecule has 0 heterocycles. The van der Waals surface area contributed by atoms with Gasteiger partial charge in [0.15, 0.2) is 11.5 Å². The van der Waals surface area contributed by atoms with Gasteiger partial charge in [-0.25, -0.2) is 5.43 Å². The molecule has 2 rings (SSSR count). The van der Waals surface area contributed by atoms with Gasteiger partial charge in [-0.15, -0.1) is 0 Å². The van der Waals surface area contributed by atoms with Crippen LogP contribution in [0.3, 0.4) is 0 Å². The van der Waals surface area contributed by atoms with E-state index >= 15 is 0 Å². The van der Waals surface area contributed by atoms with Crippen LogP contribution in [0, 0.1) is 0 Å². The number of carbonyl (C=O) groups is 1. The van der Waals surface area contributed by atoms with Gasteiger partial charge >= 0.3 is 0 Å². The lowest BCUT2D eigenvalue weighted by Gasteiger charge is -2.06. The van der Waals surface area contributed by atoms with E-state index in [-0.39, 0.29) is 18.2 Å². The van der Waals surface area contributed by atoms with Gasteiger partial charge in [-0.05, 0) is 48.0 Å². The van der Waals surface area contributed by atoms with Crippen LogP contribution in [-0.4, -0.2) is 38.0 Å². The van der Waals surface area contributed by atoms with Crippen molar-refractivity contribution in [1.82, 2.24) is 5.43 Å². The summed E-state index contributed by atoms with van der Waals surface area (Å²) in [5.41, 5.74) is 3.84. The Morgan fingerprint density at radius 3 is 2.54 bits per heavy atom. The molecule has 0 fully saturated rings. The highest BCUT2D eigenvalue weighted by atomic mass is 16.5. The minimum atomic E-state index is -0.292. The predicted octanol–water partition coefficient (Wildman–Crippen LogP) is 1.97. The molecule has 0 radical (unpaired) electrons. The maximum Gasteiger partial charge on any atom is 0.259 e. The molecule has 1 amide bonds. The standard InChI is InChI=1S/C17H19N3O4/c1-23-14-6-4-13(5-7-14)18-11-17(22)20-19-10-12-3-8-16(24-2)15(21)9-12/h3-10,18,21H,11H2,1-2H3,(H,20,22). The van der Waals surface area contributed by atoms with Crippen molar-refractivity contribution in [1.29, 1.82) is 0 Å². The van der Waals surface area contributed by atoms with Crippen LogP contribution in [0.2, 0.25) is 0 Å². The number of benzene rings is 2. The molecular formula is C17H19N3O4. The molecule has 0 aromatic heterocycles. The molecule has 0 bridgehead atoms. The zero-order valence-corrected chi connectivity index (χ0v) is 13.4. The Balaban J connectivity index is 1.80. The summed E-state index contributed by atoms with van der Waals surface area (Å²) in [6.07, 6.45) is 1.43. The number of amides is 1. The van der Waals surface area contributed by atoms with E-state index in [0.29, 0.717) is 11.3 Å². The van der Waals surface area contributed by atoms with Gasteiger partial charge in [-0.3, -0.25) is 4.79 Å². The van der Waals surface area contributed by atoms with E-state index < -0.39 is 0 Å². The van der Waals surface area contributed by atoms with Gasteiger partial charge < -0.3 is 19.9 Å². The molecule has 2 aromatic carbocycles. The molecule has 2 aromatic rings. The maximum atomic E-state index is 11.7. The summed E-state index contributed by atoms with van der Waals surface area (Å²) < 4.78 is 10.0. The van der Waals surface area contributed by atoms with Crippen LogP contribution in [0.15, 0.2) is 47.6 Å². The lowest BCUT2D eigenvalue weighted by molar-refractivity contribution is -0.119. The molecule has 24 heavy (non-hydrogen) atoms. The normalized spacial score (nSPS) is 10.4. The van der Waals surface area contributed by atoms with E-state index in [2.05, 4.69) is 15.8 Å². The third kappa shape index (κ3) is 4.91. The van der Waals surface area contributed by atoms with Crippen molar-refractivity contribution < 1.29 is 19.4 Å². The minimum absolute atomic E-state index is 0.00829. The van der Waals surface area contributed by atoms with E-state index in [0.717, 1.165) is 11.4 Å². The molecule has 0 atom stereocenters. The van der Waals surface area contributed by atoms with Crippen molar-refractivity contribution in [3.63, 3.8) is 0 Å². The fourth-order valence-corrected chi connectivity index (χ4v) is 1.90. The number of nitrogens with one attached hydrogen (secondary N) is 2. The first-order chi connectivity index (χ1) is 11.6. The Labute approximate surface area is 139 Å². The van der Waals surface area contributed by atoms with Gasteiger partial charge in [-0.2, -0.15) is 5.10 Å². The molecule has 3 N–H and O–H groups in total. The van der Waals surface area contributed by atoms with Crippen molar-refractivity contribution in [2.45, 2.75) is 0 Å². The largest absolute Gasteiger partial charge is 0.504 e. The second-order valence-electron chi connectivity index (χ2n) is 4.81. The van der Waals surface area contributed by atoms with Gasteiger partial charge in [0.05, 0.1) is 27.0 Å². The second-order valence-corrected chi connectivity index (χ2v) is 4.81. The summed E-state index contributed by atoms with van der Waals surface area (Å²) in [4.78, 5) is 11.7. The number of carbonyl (C=O) groups excluding carboxylic acids is 1. The number of ether oxygens (including phenoxy) is 2. The van der Waals surface area contributed by atoms with E-state index in [4.69, 9.17) is 9.47 Å². The molecule has 0 unspecified atom stereocenters. The van der Waals surface area contributed by atoms with Crippen LogP contribution < -0.4 is 20.2 Å². The third-order valence-corrected chi connectivity index (χ3v) is 3.15. The average molecular weight is 329 g/mol. The monoisotopic (exact) mass is 329 g/mol. The maximum absolute atomic E-state index is 11.7. The number of anilines is 1. The van der Waals surface area contributed by atoms with Crippen LogP contribution in [0.4, 0.5) is 5.69 Å². The van der Waals surface area contributed by atoms with Gasteiger partial charge in [0.2, 0.25) is 0 Å². The smallest absolute Gasteiger partial charge is 0.259 e. The molecule has 7 heteroatoms. The zero-order chi connectivity index (χ0) is 17.4. The quantitative estimate of drug-likeness (QED) is 0.533. The van der Waals surface area contributed by atoms with Crippen molar-refractivity contribution in [3.8, 4) is 17.2 Å². The van der Waals surface area contributed by atoms with E-state index in [1.807, 2.05) is 12.1 Å². The highest BCUT2D eigenvalue weighted by Crippen LogP contribution is 2.25. The fourth-order valence-electron chi connectivity index (χ4n) is 1.90. The van der Waals surface area contributed by atoms with Crippen LogP contribution in [0.25, 0.3) is 0 Å². The molecule has 0 saturated carbocycles. The lowest BCUT2D eigenvalue weighted by Crippen LogP contribution is -2.25. The zero-order valence-electron chi connectivity index (χ0n) is 13.4. The number of hydrazone groups is 1. The third-order valence-electron chi connectivity index (χ3n) is 3.15. The number of rotatable bonds is 7. The first-order valence-electron chi connectivity index (χ1n) is 7.19. The van der Waals surface area contributed by atoms with Gasteiger partial charge in [0.25, 0.3) is 5.91 Å². The first-order valence-corrected chi connectivity index (χ1v) is 7.19. The number of phenols is 1. The van der Waals surface area contributed by atoms with Crippen LogP contribution in [-0.2, 0) is 4.79 Å². The number of hydrogen-bond acceptors (Lipinski definition) is 6. The summed E-state index contributed by atoms with van der Waals surface area (Å²) in [6, 6.07) is 12.0. The number of nitrogens with zero attached hydrogens (tertiary/aromatic N) is 1. The van der Waals surface area contributed by atoms with Crippen molar-refractivity contribution in [3.05, 3.63) is 48.0 Å². The van der Waals surface area contributed by atoms with Gasteiger partial charge in [0, 0.05) is 5.69 Å². The molecule has 0 aliphatic carbocycles. The molecule has 0 aliphatic heterocycles. The summed E-state index contributed by atoms with van der Waals surface area (Å²) in [5, 5.41) is 16.5. The Hall–Kier alpha value is -3.22. The van der Waals surface area contributed by atoms with Gasteiger partial charge in [-0.1, -0.05) is 0 Å².